The minimum atomic E-state index is -4.29. The maximum Gasteiger partial charge on any atom is 0.399 e. The second-order valence-corrected chi connectivity index (χ2v) is 12.8. The summed E-state index contributed by atoms with van der Waals surface area (Å²) < 4.78 is 70.6. The summed E-state index contributed by atoms with van der Waals surface area (Å²) in [6.45, 7) is 13.4. The predicted octanol–water partition coefficient (Wildman–Crippen LogP) is 8.57. The average molecular weight is 702 g/mol. The van der Waals surface area contributed by atoms with E-state index in [2.05, 4.69) is 28.6 Å². The standard InChI is InChI=1S/C20H21F5N2.C16H21N3O2.C2H6/c21-15-6-2-1-5-14(18(15)22)13-4-3-7-17-26-12-16(27(17)11-8-13)19(9-10-19)20(23,24)25;1-4-9-16(2,15(21)19-11-18-3)10-12-5-7-13(8-6-12)14(17)20;1-2/h2,5-6,12-13H,1,3-4,7-11H2;4-8H,1,3,9-11H2,2H3,(H2,17,20)(H,19,21);1-2H3. The fourth-order valence-corrected chi connectivity index (χ4v) is 6.46. The zero-order chi connectivity index (χ0) is 37.1. The Morgan fingerprint density at radius 2 is 1.84 bits per heavy atom. The van der Waals surface area contributed by atoms with Crippen molar-refractivity contribution < 1.29 is 31.5 Å². The lowest BCUT2D eigenvalue weighted by molar-refractivity contribution is -0.162. The number of carbonyl (C=O) groups excluding carboxylic acids is 2. The van der Waals surface area contributed by atoms with E-state index in [1.54, 1.807) is 47.1 Å². The van der Waals surface area contributed by atoms with Gasteiger partial charge in [-0.15, -0.1) is 6.58 Å². The number of carbonyl (C=O) groups is 2. The van der Waals surface area contributed by atoms with Gasteiger partial charge in [-0.1, -0.05) is 51.1 Å². The molecule has 0 saturated heterocycles. The van der Waals surface area contributed by atoms with Crippen LogP contribution in [0.4, 0.5) is 22.0 Å². The van der Waals surface area contributed by atoms with Crippen LogP contribution in [-0.4, -0.2) is 40.9 Å². The Balaban J connectivity index is 0.000000266. The van der Waals surface area contributed by atoms with Crippen LogP contribution in [0, 0.1) is 11.3 Å². The number of rotatable bonds is 10. The molecule has 5 rings (SSSR count). The summed E-state index contributed by atoms with van der Waals surface area (Å²) in [4.78, 5) is 31.2. The third-order valence-corrected chi connectivity index (χ3v) is 9.34. The molecule has 2 atom stereocenters. The van der Waals surface area contributed by atoms with Crippen molar-refractivity contribution in [2.24, 2.45) is 22.1 Å². The Morgan fingerprint density at radius 1 is 1.16 bits per heavy atom. The Kier molecular flexibility index (Phi) is 14.1. The number of imidazole rings is 1. The number of aromatic nitrogens is 2. The maximum absolute atomic E-state index is 14.4. The van der Waals surface area contributed by atoms with Crippen LogP contribution in [0.2, 0.25) is 0 Å². The van der Waals surface area contributed by atoms with Gasteiger partial charge in [0.2, 0.25) is 11.8 Å². The lowest BCUT2D eigenvalue weighted by atomic mass is 9.79. The molecule has 2 heterocycles. The van der Waals surface area contributed by atoms with Crippen LogP contribution < -0.4 is 11.1 Å². The summed E-state index contributed by atoms with van der Waals surface area (Å²) in [5.74, 6) is -1.83. The molecule has 2 aliphatic carbocycles. The van der Waals surface area contributed by atoms with Gasteiger partial charge in [0.15, 0.2) is 11.7 Å². The third kappa shape index (κ3) is 9.45. The second kappa shape index (κ2) is 17.5. The van der Waals surface area contributed by atoms with Crippen molar-refractivity contribution in [1.29, 1.82) is 0 Å². The molecule has 1 aromatic heterocycles. The van der Waals surface area contributed by atoms with E-state index in [0.29, 0.717) is 68.5 Å². The van der Waals surface area contributed by atoms with E-state index >= 15 is 0 Å². The van der Waals surface area contributed by atoms with Crippen molar-refractivity contribution in [2.45, 2.75) is 96.7 Å². The molecule has 3 aliphatic rings. The number of alkyl halides is 3. The number of primary amides is 1. The van der Waals surface area contributed by atoms with Crippen LogP contribution in [0.5, 0.6) is 0 Å². The third-order valence-electron chi connectivity index (χ3n) is 9.34. The van der Waals surface area contributed by atoms with Crippen LogP contribution in [0.3, 0.4) is 0 Å². The Morgan fingerprint density at radius 3 is 2.42 bits per heavy atom. The maximum atomic E-state index is 14.4. The minimum absolute atomic E-state index is 0.0878. The normalized spacial score (nSPS) is 19.3. The van der Waals surface area contributed by atoms with Crippen LogP contribution in [-0.2, 0) is 29.6 Å². The number of benzene rings is 1. The fraction of sp³-hybridized carbons (Fsp3) is 0.474. The number of hydrogen-bond donors (Lipinski definition) is 2. The molecule has 12 heteroatoms. The number of aliphatic imine (C=N–C) groups is 1. The molecule has 1 fully saturated rings. The second-order valence-electron chi connectivity index (χ2n) is 12.8. The average Bonchev–Trinajstić information content (AvgIpc) is 3.84. The molecule has 0 bridgehead atoms. The number of hydrogen-bond acceptors (Lipinski definition) is 4. The largest absolute Gasteiger partial charge is 0.399 e. The number of nitrogens with zero attached hydrogens (tertiary/aromatic N) is 3. The molecule has 1 aliphatic heterocycles. The smallest absolute Gasteiger partial charge is 0.366 e. The van der Waals surface area contributed by atoms with Gasteiger partial charge in [-0.3, -0.25) is 14.6 Å². The number of nitrogens with two attached hydrogens (primary N) is 1. The summed E-state index contributed by atoms with van der Waals surface area (Å²) in [7, 11) is 0. The SMILES string of the molecule is C=CCC(C)(Cc1ccc(C(N)=O)cc1)C(=O)NCN=C.CC.FC1=C(F)C(C2CCCc3ncc(C4(C(F)(F)F)CC4)n3CC2)=CCC=C1. The first-order chi connectivity index (χ1) is 23.8. The fourth-order valence-electron chi connectivity index (χ4n) is 6.46. The highest BCUT2D eigenvalue weighted by Crippen LogP contribution is 2.59. The van der Waals surface area contributed by atoms with Crippen molar-refractivity contribution >= 4 is 18.5 Å². The molecule has 1 aromatic carbocycles. The summed E-state index contributed by atoms with van der Waals surface area (Å²) in [6.07, 6.45) is 7.24. The summed E-state index contributed by atoms with van der Waals surface area (Å²) in [5.41, 5.74) is 4.77. The van der Waals surface area contributed by atoms with Gasteiger partial charge in [-0.2, -0.15) is 13.2 Å². The highest BCUT2D eigenvalue weighted by atomic mass is 19.4. The Hall–Kier alpha value is -4.35. The van der Waals surface area contributed by atoms with Gasteiger partial charge in [0.05, 0.1) is 11.1 Å². The summed E-state index contributed by atoms with van der Waals surface area (Å²) in [6, 6.07) is 6.94. The summed E-state index contributed by atoms with van der Waals surface area (Å²) in [5, 5.41) is 2.72. The van der Waals surface area contributed by atoms with E-state index in [4.69, 9.17) is 5.73 Å². The number of allylic oxidation sites excluding steroid dienone is 7. The van der Waals surface area contributed by atoms with Crippen LogP contribution in [0.25, 0.3) is 0 Å². The zero-order valence-corrected chi connectivity index (χ0v) is 29.1. The molecular weight excluding hydrogens is 653 g/mol. The zero-order valence-electron chi connectivity index (χ0n) is 29.1. The van der Waals surface area contributed by atoms with E-state index in [-0.39, 0.29) is 37.0 Å². The lowest BCUT2D eigenvalue weighted by Gasteiger charge is -2.27. The van der Waals surface area contributed by atoms with Gasteiger partial charge in [0.1, 0.15) is 17.9 Å². The Labute approximate surface area is 291 Å². The molecule has 2 unspecified atom stereocenters. The molecule has 0 spiro atoms. The number of fused-ring (bicyclic) bond motifs is 1. The molecule has 7 nitrogen and oxygen atoms in total. The van der Waals surface area contributed by atoms with Crippen molar-refractivity contribution in [3.63, 3.8) is 0 Å². The van der Waals surface area contributed by atoms with Gasteiger partial charge in [-0.25, -0.2) is 13.8 Å². The van der Waals surface area contributed by atoms with Crippen molar-refractivity contribution in [3.8, 4) is 0 Å². The molecule has 1 saturated carbocycles. The van der Waals surface area contributed by atoms with Gasteiger partial charge in [-0.05, 0) is 93.3 Å². The first-order valence-corrected chi connectivity index (χ1v) is 17.0. The van der Waals surface area contributed by atoms with Crippen LogP contribution in [0.1, 0.15) is 93.2 Å². The van der Waals surface area contributed by atoms with Crippen LogP contribution >= 0.6 is 0 Å². The quantitative estimate of drug-likeness (QED) is 0.147. The topological polar surface area (TPSA) is 102 Å². The molecule has 272 valence electrons. The molecular formula is C38H48F5N5O2. The minimum Gasteiger partial charge on any atom is -0.366 e. The van der Waals surface area contributed by atoms with Gasteiger partial charge in [0, 0.05) is 24.7 Å². The van der Waals surface area contributed by atoms with Gasteiger partial charge >= 0.3 is 6.18 Å². The summed E-state index contributed by atoms with van der Waals surface area (Å²) >= 11 is 0. The molecule has 50 heavy (non-hydrogen) atoms. The number of amides is 2. The van der Waals surface area contributed by atoms with Gasteiger partial charge in [0.25, 0.3) is 0 Å². The highest BCUT2D eigenvalue weighted by molar-refractivity contribution is 5.92. The van der Waals surface area contributed by atoms with E-state index < -0.39 is 34.6 Å². The van der Waals surface area contributed by atoms with Crippen molar-refractivity contribution in [1.82, 2.24) is 14.9 Å². The number of aryl methyl sites for hydroxylation is 1. The lowest BCUT2D eigenvalue weighted by Crippen LogP contribution is -2.40. The monoisotopic (exact) mass is 701 g/mol. The molecule has 2 aromatic rings. The van der Waals surface area contributed by atoms with Gasteiger partial charge < -0.3 is 15.6 Å². The number of nitrogens with one attached hydrogen (secondary N) is 1. The first-order valence-electron chi connectivity index (χ1n) is 17.0. The molecule has 3 N–H and O–H groups in total. The Bertz CT molecular complexity index is 1600. The van der Waals surface area contributed by atoms with E-state index in [1.165, 1.54) is 6.20 Å². The predicted molar refractivity (Wildman–Crippen MR) is 187 cm³/mol. The van der Waals surface area contributed by atoms with Crippen LogP contribution in [0.15, 0.2) is 83.6 Å². The first kappa shape index (κ1) is 40.1. The number of halogens is 5. The van der Waals surface area contributed by atoms with Crippen molar-refractivity contribution in [2.75, 3.05) is 6.67 Å². The van der Waals surface area contributed by atoms with E-state index in [0.717, 1.165) is 11.6 Å². The van der Waals surface area contributed by atoms with E-state index in [9.17, 15) is 31.5 Å². The molecule has 2 amide bonds. The molecule has 0 radical (unpaired) electrons. The van der Waals surface area contributed by atoms with E-state index in [1.807, 2.05) is 20.8 Å². The van der Waals surface area contributed by atoms with Crippen molar-refractivity contribution in [3.05, 3.63) is 101 Å². The highest BCUT2D eigenvalue weighted by Gasteiger charge is 2.66.